The van der Waals surface area contributed by atoms with Crippen molar-refractivity contribution in [3.8, 4) is 11.5 Å². The van der Waals surface area contributed by atoms with Gasteiger partial charge in [-0.15, -0.1) is 0 Å². The smallest absolute Gasteiger partial charge is 0.335 e. The van der Waals surface area contributed by atoms with Crippen molar-refractivity contribution >= 4 is 46.9 Å². The summed E-state index contributed by atoms with van der Waals surface area (Å²) in [5.41, 5.74) is 6.38. The third kappa shape index (κ3) is 5.70. The van der Waals surface area contributed by atoms with Crippen LogP contribution >= 0.6 is 11.6 Å². The number of anilines is 2. The van der Waals surface area contributed by atoms with Crippen LogP contribution in [0.4, 0.5) is 16.2 Å². The molecule has 2 atom stereocenters. The Morgan fingerprint density at radius 1 is 0.812 bits per heavy atom. The maximum Gasteiger partial charge on any atom is 0.335 e. The number of urea groups is 1. The van der Waals surface area contributed by atoms with Gasteiger partial charge in [0.2, 0.25) is 0 Å². The first kappa shape index (κ1) is 31.5. The molecule has 1 fully saturated rings. The van der Waals surface area contributed by atoms with Crippen LogP contribution in [0.5, 0.6) is 11.5 Å². The number of amides is 4. The predicted octanol–water partition coefficient (Wildman–Crippen LogP) is 7.68. The van der Waals surface area contributed by atoms with Crippen molar-refractivity contribution in [1.29, 1.82) is 0 Å². The highest BCUT2D eigenvalue weighted by molar-refractivity contribution is 6.39. The van der Waals surface area contributed by atoms with Crippen LogP contribution in [-0.4, -0.2) is 44.1 Å². The van der Waals surface area contributed by atoms with E-state index in [1.165, 1.54) is 22.9 Å². The standard InChI is InChI=1S/C39H36ClN3O5/c1-3-47-34-21-24(20-33(40)36(34)48-4-2)19-32-37(44)41-39(46)43(38(32)45)27-22-30-28(25-11-7-5-8-12-25)15-17-42-18-16-29(31(23-27)35(30)42)26-13-9-6-10-14-26/h5-14,19-23,28-29H,3-4,15-18H2,1-2H3,(H,41,44,46)/b32-19+/t28-,29-/m1/s1. The van der Waals surface area contributed by atoms with Gasteiger partial charge in [-0.1, -0.05) is 72.3 Å². The second kappa shape index (κ2) is 13.2. The molecule has 0 aliphatic carbocycles. The number of barbiturate groups is 1. The summed E-state index contributed by atoms with van der Waals surface area (Å²) in [6.07, 6.45) is 3.24. The summed E-state index contributed by atoms with van der Waals surface area (Å²) in [4.78, 5) is 44.5. The molecular formula is C39H36ClN3O5. The molecule has 3 heterocycles. The van der Waals surface area contributed by atoms with Crippen molar-refractivity contribution in [2.45, 2.75) is 38.5 Å². The van der Waals surface area contributed by atoms with E-state index in [9.17, 15) is 14.4 Å². The van der Waals surface area contributed by atoms with Crippen molar-refractivity contribution < 1.29 is 23.9 Å². The molecule has 1 saturated heterocycles. The minimum atomic E-state index is -0.787. The van der Waals surface area contributed by atoms with Crippen molar-refractivity contribution in [3.05, 3.63) is 123 Å². The summed E-state index contributed by atoms with van der Waals surface area (Å²) in [6.45, 7) is 6.26. The molecule has 3 aliphatic rings. The highest BCUT2D eigenvalue weighted by atomic mass is 35.5. The minimum Gasteiger partial charge on any atom is -0.490 e. The summed E-state index contributed by atoms with van der Waals surface area (Å²) in [5, 5.41) is 2.68. The van der Waals surface area contributed by atoms with Gasteiger partial charge in [0.1, 0.15) is 5.57 Å². The molecule has 9 heteroatoms. The number of carbonyl (C=O) groups is 3. The van der Waals surface area contributed by atoms with Crippen LogP contribution in [0, 0.1) is 0 Å². The number of hydrogen-bond donors (Lipinski definition) is 1. The molecule has 1 N–H and O–H groups in total. The molecule has 7 rings (SSSR count). The second-order valence-electron chi connectivity index (χ2n) is 12.1. The normalized spacial score (nSPS) is 19.6. The number of nitrogens with one attached hydrogen (secondary N) is 1. The Kier molecular flexibility index (Phi) is 8.67. The largest absolute Gasteiger partial charge is 0.490 e. The topological polar surface area (TPSA) is 88.2 Å². The number of nitrogens with zero attached hydrogens (tertiary/aromatic N) is 2. The molecule has 244 valence electrons. The van der Waals surface area contributed by atoms with E-state index in [2.05, 4.69) is 34.5 Å². The van der Waals surface area contributed by atoms with E-state index in [0.29, 0.717) is 36.0 Å². The quantitative estimate of drug-likeness (QED) is 0.154. The van der Waals surface area contributed by atoms with E-state index in [1.807, 2.05) is 62.4 Å². The van der Waals surface area contributed by atoms with Crippen molar-refractivity contribution in [3.63, 3.8) is 0 Å². The first-order chi connectivity index (χ1) is 23.4. The Labute approximate surface area is 284 Å². The Morgan fingerprint density at radius 3 is 1.96 bits per heavy atom. The molecule has 4 aromatic carbocycles. The number of ether oxygens (including phenoxy) is 2. The van der Waals surface area contributed by atoms with Gasteiger partial charge >= 0.3 is 6.03 Å². The Morgan fingerprint density at radius 2 is 1.40 bits per heavy atom. The Hall–Kier alpha value is -5.08. The zero-order chi connectivity index (χ0) is 33.4. The van der Waals surface area contributed by atoms with Gasteiger partial charge in [0.25, 0.3) is 11.8 Å². The van der Waals surface area contributed by atoms with Crippen molar-refractivity contribution in [2.24, 2.45) is 0 Å². The summed E-state index contributed by atoms with van der Waals surface area (Å²) < 4.78 is 11.4. The van der Waals surface area contributed by atoms with Gasteiger partial charge in [0, 0.05) is 30.6 Å². The van der Waals surface area contributed by atoms with E-state index in [0.717, 1.165) is 42.0 Å². The molecular weight excluding hydrogens is 626 g/mol. The SMILES string of the molecule is CCOc1cc(/C=C2\C(=O)NC(=O)N(c3cc4c5c(c3)[C@@H](c3ccccc3)CCN5CC[C@@H]4c3ccccc3)C2=O)cc(Cl)c1OCC. The van der Waals surface area contributed by atoms with Crippen LogP contribution < -0.4 is 24.6 Å². The van der Waals surface area contributed by atoms with Gasteiger partial charge < -0.3 is 14.4 Å². The van der Waals surface area contributed by atoms with Gasteiger partial charge in [-0.2, -0.15) is 0 Å². The monoisotopic (exact) mass is 661 g/mol. The van der Waals surface area contributed by atoms with Gasteiger partial charge in [0.15, 0.2) is 11.5 Å². The van der Waals surface area contributed by atoms with E-state index >= 15 is 0 Å². The first-order valence-electron chi connectivity index (χ1n) is 16.4. The van der Waals surface area contributed by atoms with E-state index in [-0.39, 0.29) is 22.4 Å². The summed E-state index contributed by atoms with van der Waals surface area (Å²) in [7, 11) is 0. The lowest BCUT2D eigenvalue weighted by molar-refractivity contribution is -0.122. The molecule has 8 nitrogen and oxygen atoms in total. The maximum atomic E-state index is 14.2. The predicted molar refractivity (Wildman–Crippen MR) is 187 cm³/mol. The lowest BCUT2D eigenvalue weighted by atomic mass is 9.76. The van der Waals surface area contributed by atoms with Gasteiger partial charge in [-0.3, -0.25) is 14.9 Å². The Bertz CT molecular complexity index is 1850. The number of rotatable bonds is 8. The maximum absolute atomic E-state index is 14.2. The van der Waals surface area contributed by atoms with Gasteiger partial charge in [-0.05, 0) is 84.8 Å². The van der Waals surface area contributed by atoms with Crippen LogP contribution in [0.25, 0.3) is 6.08 Å². The zero-order valence-electron chi connectivity index (χ0n) is 26.9. The molecule has 48 heavy (non-hydrogen) atoms. The Balaban J connectivity index is 1.36. The highest BCUT2D eigenvalue weighted by Crippen LogP contribution is 2.50. The average molecular weight is 662 g/mol. The highest BCUT2D eigenvalue weighted by Gasteiger charge is 2.40. The third-order valence-electron chi connectivity index (χ3n) is 9.29. The first-order valence-corrected chi connectivity index (χ1v) is 16.8. The van der Waals surface area contributed by atoms with Crippen molar-refractivity contribution in [1.82, 2.24) is 5.32 Å². The molecule has 4 aromatic rings. The van der Waals surface area contributed by atoms with Gasteiger partial charge in [0.05, 0.1) is 23.9 Å². The number of carbonyl (C=O) groups excluding carboxylic acids is 3. The van der Waals surface area contributed by atoms with Crippen LogP contribution in [-0.2, 0) is 9.59 Å². The molecule has 0 spiro atoms. The van der Waals surface area contributed by atoms with Gasteiger partial charge in [-0.25, -0.2) is 9.69 Å². The average Bonchev–Trinajstić information content (AvgIpc) is 3.09. The fraction of sp³-hybridized carbons (Fsp3) is 0.256. The molecule has 4 amide bonds. The lowest BCUT2D eigenvalue weighted by Gasteiger charge is -2.44. The molecule has 0 bridgehead atoms. The molecule has 3 aliphatic heterocycles. The van der Waals surface area contributed by atoms with Crippen LogP contribution in [0.3, 0.4) is 0 Å². The summed E-state index contributed by atoms with van der Waals surface area (Å²) >= 11 is 6.55. The number of hydrogen-bond acceptors (Lipinski definition) is 6. The van der Waals surface area contributed by atoms with E-state index in [1.54, 1.807) is 12.1 Å². The molecule has 0 saturated carbocycles. The van der Waals surface area contributed by atoms with Crippen LogP contribution in [0.2, 0.25) is 5.02 Å². The summed E-state index contributed by atoms with van der Waals surface area (Å²) in [6, 6.07) is 27.1. The van der Waals surface area contributed by atoms with E-state index < -0.39 is 17.8 Å². The molecule has 0 radical (unpaired) electrons. The third-order valence-corrected chi connectivity index (χ3v) is 9.57. The van der Waals surface area contributed by atoms with Crippen LogP contribution in [0.1, 0.15) is 66.3 Å². The number of halogens is 1. The van der Waals surface area contributed by atoms with Crippen molar-refractivity contribution in [2.75, 3.05) is 36.1 Å². The zero-order valence-corrected chi connectivity index (χ0v) is 27.6. The van der Waals surface area contributed by atoms with E-state index in [4.69, 9.17) is 21.1 Å². The number of imide groups is 2. The fourth-order valence-electron chi connectivity index (χ4n) is 7.25. The molecule has 0 aromatic heterocycles. The summed E-state index contributed by atoms with van der Waals surface area (Å²) in [5.74, 6) is -0.555. The lowest BCUT2D eigenvalue weighted by Crippen LogP contribution is -2.54. The number of benzene rings is 4. The second-order valence-corrected chi connectivity index (χ2v) is 12.5. The molecule has 0 unspecified atom stereocenters. The minimum absolute atomic E-state index is 0.0771. The fourth-order valence-corrected chi connectivity index (χ4v) is 7.52. The van der Waals surface area contributed by atoms with Crippen LogP contribution in [0.15, 0.2) is 90.5 Å².